The van der Waals surface area contributed by atoms with Crippen molar-refractivity contribution in [2.24, 2.45) is 5.92 Å². The molecule has 1 aliphatic rings. The van der Waals surface area contributed by atoms with Gasteiger partial charge in [-0.05, 0) is 39.8 Å². The minimum atomic E-state index is -0.579. The van der Waals surface area contributed by atoms with Crippen LogP contribution in [0.1, 0.15) is 34.1 Å². The summed E-state index contributed by atoms with van der Waals surface area (Å²) in [6, 6.07) is 6.01. The summed E-state index contributed by atoms with van der Waals surface area (Å²) in [6.45, 7) is 7.81. The third kappa shape index (κ3) is 4.80. The minimum absolute atomic E-state index is 0.0184. The maximum Gasteiger partial charge on any atom is 0.240 e. The Kier molecular flexibility index (Phi) is 6.00. The maximum absolute atomic E-state index is 14.0. The van der Waals surface area contributed by atoms with Crippen molar-refractivity contribution in [3.8, 4) is 0 Å². The van der Waals surface area contributed by atoms with Crippen molar-refractivity contribution in [2.75, 3.05) is 24.5 Å². The van der Waals surface area contributed by atoms with Gasteiger partial charge in [-0.3, -0.25) is 14.4 Å². The Labute approximate surface area is 153 Å². The highest BCUT2D eigenvalue weighted by Crippen LogP contribution is 2.28. The number of hydrogen-bond donors (Lipinski definition) is 1. The van der Waals surface area contributed by atoms with E-state index >= 15 is 0 Å². The Bertz CT molecular complexity index is 700. The second kappa shape index (κ2) is 7.85. The molecule has 1 aliphatic heterocycles. The second-order valence-electron chi connectivity index (χ2n) is 7.51. The number of para-hydroxylation sites is 1. The molecule has 0 radical (unpaired) electrons. The van der Waals surface area contributed by atoms with Crippen LogP contribution in [0, 0.1) is 11.7 Å². The van der Waals surface area contributed by atoms with Gasteiger partial charge in [-0.2, -0.15) is 0 Å². The molecule has 1 heterocycles. The first-order valence-electron chi connectivity index (χ1n) is 8.77. The molecule has 1 saturated heterocycles. The van der Waals surface area contributed by atoms with Crippen molar-refractivity contribution in [3.63, 3.8) is 0 Å². The number of rotatable bonds is 5. The van der Waals surface area contributed by atoms with Crippen LogP contribution in [0.25, 0.3) is 0 Å². The van der Waals surface area contributed by atoms with Crippen molar-refractivity contribution < 1.29 is 18.8 Å². The summed E-state index contributed by atoms with van der Waals surface area (Å²) in [4.78, 5) is 39.9. The van der Waals surface area contributed by atoms with Crippen molar-refractivity contribution in [3.05, 3.63) is 30.1 Å². The number of amides is 3. The predicted molar refractivity (Wildman–Crippen MR) is 97.0 cm³/mol. The summed E-state index contributed by atoms with van der Waals surface area (Å²) < 4.78 is 14.0. The lowest BCUT2D eigenvalue weighted by Crippen LogP contribution is -2.48. The molecule has 6 nitrogen and oxygen atoms in total. The van der Waals surface area contributed by atoms with E-state index in [1.54, 1.807) is 19.1 Å². The van der Waals surface area contributed by atoms with Gasteiger partial charge in [0.1, 0.15) is 5.82 Å². The molecule has 0 spiro atoms. The summed E-state index contributed by atoms with van der Waals surface area (Å²) >= 11 is 0. The standard InChI is InChI=1S/C19H26FN3O3/c1-5-22(12-16(24)21-19(2,3)4)18(26)13-10-17(25)23(11-13)15-9-7-6-8-14(15)20/h6-9,13H,5,10-12H2,1-4H3,(H,21,24)/t13-/m0/s1. The molecule has 142 valence electrons. The summed E-state index contributed by atoms with van der Waals surface area (Å²) in [5, 5.41) is 2.82. The van der Waals surface area contributed by atoms with Gasteiger partial charge in [0.15, 0.2) is 0 Å². The van der Waals surface area contributed by atoms with Crippen LogP contribution in [0.5, 0.6) is 0 Å². The SMILES string of the molecule is CCN(CC(=O)NC(C)(C)C)C(=O)[C@H]1CC(=O)N(c2ccccc2F)C1. The molecule has 0 aromatic heterocycles. The fraction of sp³-hybridized carbons (Fsp3) is 0.526. The van der Waals surface area contributed by atoms with Gasteiger partial charge in [0, 0.05) is 25.0 Å². The Morgan fingerprint density at radius 1 is 1.31 bits per heavy atom. The number of hydrogen-bond acceptors (Lipinski definition) is 3. The van der Waals surface area contributed by atoms with E-state index in [1.807, 2.05) is 20.8 Å². The molecule has 0 unspecified atom stereocenters. The van der Waals surface area contributed by atoms with E-state index in [1.165, 1.54) is 21.9 Å². The number of likely N-dealkylation sites (N-methyl/N-ethyl adjacent to an activating group) is 1. The fourth-order valence-corrected chi connectivity index (χ4v) is 3.01. The number of halogens is 1. The molecular formula is C19H26FN3O3. The minimum Gasteiger partial charge on any atom is -0.350 e. The number of benzene rings is 1. The van der Waals surface area contributed by atoms with Crippen LogP contribution < -0.4 is 10.2 Å². The third-order valence-corrected chi connectivity index (χ3v) is 4.16. The fourth-order valence-electron chi connectivity index (χ4n) is 3.01. The normalized spacial score (nSPS) is 17.3. The van der Waals surface area contributed by atoms with Crippen LogP contribution in [-0.4, -0.2) is 47.8 Å². The van der Waals surface area contributed by atoms with Crippen LogP contribution in [0.15, 0.2) is 24.3 Å². The van der Waals surface area contributed by atoms with Gasteiger partial charge in [0.2, 0.25) is 17.7 Å². The molecule has 1 N–H and O–H groups in total. The van der Waals surface area contributed by atoms with Crippen LogP contribution in [0.2, 0.25) is 0 Å². The Balaban J connectivity index is 2.06. The summed E-state index contributed by atoms with van der Waals surface area (Å²) in [6.07, 6.45) is 0.0184. The van der Waals surface area contributed by atoms with Crippen LogP contribution in [0.4, 0.5) is 10.1 Å². The van der Waals surface area contributed by atoms with E-state index in [0.29, 0.717) is 6.54 Å². The van der Waals surface area contributed by atoms with Gasteiger partial charge in [-0.15, -0.1) is 0 Å². The van der Waals surface area contributed by atoms with Gasteiger partial charge in [-0.1, -0.05) is 12.1 Å². The number of nitrogens with zero attached hydrogens (tertiary/aromatic N) is 2. The molecule has 0 bridgehead atoms. The average molecular weight is 363 g/mol. The van der Waals surface area contributed by atoms with Crippen molar-refractivity contribution in [1.29, 1.82) is 0 Å². The van der Waals surface area contributed by atoms with Crippen LogP contribution in [-0.2, 0) is 14.4 Å². The molecule has 1 atom stereocenters. The van der Waals surface area contributed by atoms with E-state index in [0.717, 1.165) is 0 Å². The summed E-state index contributed by atoms with van der Waals surface area (Å²) in [5.74, 6) is -1.87. The molecule has 0 saturated carbocycles. The van der Waals surface area contributed by atoms with E-state index in [-0.39, 0.29) is 48.5 Å². The number of nitrogens with one attached hydrogen (secondary N) is 1. The second-order valence-corrected chi connectivity index (χ2v) is 7.51. The lowest BCUT2D eigenvalue weighted by atomic mass is 10.1. The van der Waals surface area contributed by atoms with Crippen molar-refractivity contribution in [2.45, 2.75) is 39.7 Å². The van der Waals surface area contributed by atoms with Gasteiger partial charge in [-0.25, -0.2) is 4.39 Å². The van der Waals surface area contributed by atoms with Crippen LogP contribution in [0.3, 0.4) is 0 Å². The molecule has 1 aromatic carbocycles. The highest BCUT2D eigenvalue weighted by Gasteiger charge is 2.38. The zero-order valence-electron chi connectivity index (χ0n) is 15.7. The van der Waals surface area contributed by atoms with E-state index < -0.39 is 11.7 Å². The lowest BCUT2D eigenvalue weighted by molar-refractivity contribution is -0.139. The molecule has 0 aliphatic carbocycles. The Morgan fingerprint density at radius 3 is 2.54 bits per heavy atom. The van der Waals surface area contributed by atoms with E-state index in [9.17, 15) is 18.8 Å². The highest BCUT2D eigenvalue weighted by atomic mass is 19.1. The molecular weight excluding hydrogens is 337 g/mol. The third-order valence-electron chi connectivity index (χ3n) is 4.16. The molecule has 7 heteroatoms. The van der Waals surface area contributed by atoms with Gasteiger partial charge < -0.3 is 15.1 Å². The molecule has 3 amide bonds. The highest BCUT2D eigenvalue weighted by molar-refractivity contribution is 6.00. The van der Waals surface area contributed by atoms with Gasteiger partial charge in [0.25, 0.3) is 0 Å². The summed E-state index contributed by atoms with van der Waals surface area (Å²) in [5.41, 5.74) is -0.203. The first kappa shape index (κ1) is 19.9. The van der Waals surface area contributed by atoms with Gasteiger partial charge in [0.05, 0.1) is 18.2 Å². The monoisotopic (exact) mass is 363 g/mol. The first-order valence-corrected chi connectivity index (χ1v) is 8.77. The van der Waals surface area contributed by atoms with Gasteiger partial charge >= 0.3 is 0 Å². The average Bonchev–Trinajstić information content (AvgIpc) is 2.92. The number of carbonyl (C=O) groups excluding carboxylic acids is 3. The van der Waals surface area contributed by atoms with Crippen molar-refractivity contribution >= 4 is 23.4 Å². The quantitative estimate of drug-likeness (QED) is 0.869. The Hall–Kier alpha value is -2.44. The largest absolute Gasteiger partial charge is 0.350 e. The summed E-state index contributed by atoms with van der Waals surface area (Å²) in [7, 11) is 0. The first-order chi connectivity index (χ1) is 12.1. The zero-order chi connectivity index (χ0) is 19.5. The molecule has 1 aromatic rings. The van der Waals surface area contributed by atoms with Crippen molar-refractivity contribution in [1.82, 2.24) is 10.2 Å². The van der Waals surface area contributed by atoms with E-state index in [2.05, 4.69) is 5.32 Å². The number of anilines is 1. The molecule has 1 fully saturated rings. The topological polar surface area (TPSA) is 69.7 Å². The smallest absolute Gasteiger partial charge is 0.240 e. The predicted octanol–water partition coefficient (Wildman–Crippen LogP) is 1.94. The zero-order valence-corrected chi connectivity index (χ0v) is 15.7. The maximum atomic E-state index is 14.0. The van der Waals surface area contributed by atoms with Crippen LogP contribution >= 0.6 is 0 Å². The molecule has 26 heavy (non-hydrogen) atoms. The molecule has 2 rings (SSSR count). The van der Waals surface area contributed by atoms with E-state index in [4.69, 9.17) is 0 Å². The Morgan fingerprint density at radius 2 is 1.96 bits per heavy atom. The number of carbonyl (C=O) groups is 3. The lowest BCUT2D eigenvalue weighted by Gasteiger charge is -2.26.